The lowest BCUT2D eigenvalue weighted by atomic mass is 10.1. The van der Waals surface area contributed by atoms with Gasteiger partial charge in [-0.25, -0.2) is 5.84 Å². The number of nitrogens with zero attached hydrogens (tertiary/aromatic N) is 1. The summed E-state index contributed by atoms with van der Waals surface area (Å²) in [7, 11) is 0. The van der Waals surface area contributed by atoms with Crippen molar-refractivity contribution in [3.63, 3.8) is 0 Å². The van der Waals surface area contributed by atoms with Crippen LogP contribution in [-0.4, -0.2) is 35.6 Å². The zero-order chi connectivity index (χ0) is 13.4. The van der Waals surface area contributed by atoms with Crippen LogP contribution in [0.5, 0.6) is 0 Å². The molecule has 1 aromatic carbocycles. The van der Waals surface area contributed by atoms with Gasteiger partial charge in [-0.2, -0.15) is 0 Å². The highest BCUT2D eigenvalue weighted by Crippen LogP contribution is 2.08. The molecule has 100 valence electrons. The van der Waals surface area contributed by atoms with Crippen molar-refractivity contribution < 1.29 is 9.90 Å². The van der Waals surface area contributed by atoms with E-state index in [0.29, 0.717) is 12.1 Å². The zero-order valence-corrected chi connectivity index (χ0v) is 10.7. The van der Waals surface area contributed by atoms with Gasteiger partial charge in [0.1, 0.15) is 0 Å². The summed E-state index contributed by atoms with van der Waals surface area (Å²) in [6.45, 7) is 4.66. The van der Waals surface area contributed by atoms with Gasteiger partial charge in [-0.3, -0.25) is 15.1 Å². The average molecular weight is 251 g/mol. The minimum absolute atomic E-state index is 0.160. The highest BCUT2D eigenvalue weighted by Gasteiger charge is 2.06. The normalized spacial score (nSPS) is 10.7. The van der Waals surface area contributed by atoms with Crippen molar-refractivity contribution in [2.24, 2.45) is 5.84 Å². The number of aliphatic hydroxyl groups is 1. The van der Waals surface area contributed by atoms with E-state index in [-0.39, 0.29) is 12.5 Å². The van der Waals surface area contributed by atoms with Crippen molar-refractivity contribution in [3.8, 4) is 0 Å². The Balaban J connectivity index is 2.63. The van der Waals surface area contributed by atoms with Crippen LogP contribution in [-0.2, 0) is 6.54 Å². The maximum absolute atomic E-state index is 11.3. The second kappa shape index (κ2) is 7.81. The molecule has 5 nitrogen and oxygen atoms in total. The zero-order valence-electron chi connectivity index (χ0n) is 10.7. The summed E-state index contributed by atoms with van der Waals surface area (Å²) in [4.78, 5) is 13.5. The molecule has 0 bridgehead atoms. The van der Waals surface area contributed by atoms with Crippen LogP contribution in [0, 0.1) is 0 Å². The van der Waals surface area contributed by atoms with Gasteiger partial charge in [-0.05, 0) is 30.7 Å². The fraction of sp³-hybridized carbons (Fsp3) is 0.462. The number of carbonyl (C=O) groups is 1. The number of nitrogen functional groups attached to an aromatic ring is 1. The maximum atomic E-state index is 11.3. The number of carbonyl (C=O) groups excluding carboxylic acids is 1. The summed E-state index contributed by atoms with van der Waals surface area (Å²) in [5.74, 6) is 4.78. The molecule has 0 heterocycles. The lowest BCUT2D eigenvalue weighted by molar-refractivity contribution is 0.0953. The van der Waals surface area contributed by atoms with Crippen molar-refractivity contribution in [1.82, 2.24) is 10.3 Å². The van der Waals surface area contributed by atoms with E-state index < -0.39 is 0 Å². The van der Waals surface area contributed by atoms with Gasteiger partial charge in [0.25, 0.3) is 5.91 Å². The molecule has 5 heteroatoms. The van der Waals surface area contributed by atoms with Crippen molar-refractivity contribution in [2.75, 3.05) is 19.7 Å². The summed E-state index contributed by atoms with van der Waals surface area (Å²) in [5, 5.41) is 8.98. The molecular weight excluding hydrogens is 230 g/mol. The average Bonchev–Trinajstić information content (AvgIpc) is 2.39. The first kappa shape index (κ1) is 14.6. The molecule has 1 rings (SSSR count). The summed E-state index contributed by atoms with van der Waals surface area (Å²) >= 11 is 0. The number of aliphatic hydroxyl groups excluding tert-OH is 1. The van der Waals surface area contributed by atoms with Crippen LogP contribution in [0.15, 0.2) is 24.3 Å². The molecule has 0 saturated carbocycles. The SMILES string of the molecule is CCCN(CCO)Cc1ccc(C(=O)NN)cc1. The van der Waals surface area contributed by atoms with Gasteiger partial charge in [-0.15, -0.1) is 0 Å². The fourth-order valence-corrected chi connectivity index (χ4v) is 1.83. The highest BCUT2D eigenvalue weighted by molar-refractivity contribution is 5.93. The third-order valence-electron chi connectivity index (χ3n) is 2.71. The smallest absolute Gasteiger partial charge is 0.265 e. The number of hydrogen-bond acceptors (Lipinski definition) is 4. The van der Waals surface area contributed by atoms with Gasteiger partial charge in [-0.1, -0.05) is 19.1 Å². The van der Waals surface area contributed by atoms with Gasteiger partial charge in [0, 0.05) is 18.7 Å². The summed E-state index contributed by atoms with van der Waals surface area (Å²) in [6.07, 6.45) is 1.05. The topological polar surface area (TPSA) is 78.6 Å². The first-order valence-electron chi connectivity index (χ1n) is 6.14. The Bertz CT molecular complexity index is 359. The number of rotatable bonds is 7. The summed E-state index contributed by atoms with van der Waals surface area (Å²) in [6, 6.07) is 7.32. The Kier molecular flexibility index (Phi) is 6.35. The first-order valence-corrected chi connectivity index (χ1v) is 6.14. The van der Waals surface area contributed by atoms with Gasteiger partial charge >= 0.3 is 0 Å². The molecule has 0 unspecified atom stereocenters. The van der Waals surface area contributed by atoms with Crippen molar-refractivity contribution in [3.05, 3.63) is 35.4 Å². The number of benzene rings is 1. The quantitative estimate of drug-likeness (QED) is 0.374. The lowest BCUT2D eigenvalue weighted by Gasteiger charge is -2.20. The number of amides is 1. The molecule has 0 atom stereocenters. The molecule has 0 spiro atoms. The van der Waals surface area contributed by atoms with Crippen LogP contribution in [0.4, 0.5) is 0 Å². The minimum Gasteiger partial charge on any atom is -0.395 e. The molecular formula is C13H21N3O2. The molecule has 4 N–H and O–H groups in total. The second-order valence-corrected chi connectivity index (χ2v) is 4.17. The van der Waals surface area contributed by atoms with Crippen molar-refractivity contribution >= 4 is 5.91 Å². The van der Waals surface area contributed by atoms with Crippen molar-refractivity contribution in [1.29, 1.82) is 0 Å². The molecule has 1 amide bonds. The van der Waals surface area contributed by atoms with Gasteiger partial charge in [0.2, 0.25) is 0 Å². The molecule has 1 aromatic rings. The minimum atomic E-state index is -0.290. The van der Waals surface area contributed by atoms with E-state index in [9.17, 15) is 4.79 Å². The van der Waals surface area contributed by atoms with Crippen molar-refractivity contribution in [2.45, 2.75) is 19.9 Å². The predicted octanol–water partition coefficient (Wildman–Crippen LogP) is 0.494. The Hall–Kier alpha value is -1.43. The number of nitrogens with two attached hydrogens (primary N) is 1. The van der Waals surface area contributed by atoms with Gasteiger partial charge < -0.3 is 5.11 Å². The Morgan fingerprint density at radius 1 is 1.33 bits per heavy atom. The van der Waals surface area contributed by atoms with Crippen LogP contribution >= 0.6 is 0 Å². The largest absolute Gasteiger partial charge is 0.395 e. The van der Waals surface area contributed by atoms with E-state index in [4.69, 9.17) is 10.9 Å². The number of nitrogens with one attached hydrogen (secondary N) is 1. The predicted molar refractivity (Wildman–Crippen MR) is 70.7 cm³/mol. The Morgan fingerprint density at radius 2 is 2.00 bits per heavy atom. The van der Waals surface area contributed by atoms with E-state index in [2.05, 4.69) is 17.2 Å². The fourth-order valence-electron chi connectivity index (χ4n) is 1.83. The monoisotopic (exact) mass is 251 g/mol. The molecule has 0 aromatic heterocycles. The van der Waals surface area contributed by atoms with Crippen LogP contribution in [0.2, 0.25) is 0 Å². The number of hydrazine groups is 1. The highest BCUT2D eigenvalue weighted by atomic mass is 16.3. The Morgan fingerprint density at radius 3 is 2.50 bits per heavy atom. The van der Waals surface area contributed by atoms with Gasteiger partial charge in [0.05, 0.1) is 6.61 Å². The molecule has 0 aliphatic carbocycles. The molecule has 0 radical (unpaired) electrons. The van der Waals surface area contributed by atoms with E-state index in [1.165, 1.54) is 0 Å². The second-order valence-electron chi connectivity index (χ2n) is 4.17. The summed E-state index contributed by atoms with van der Waals surface area (Å²) < 4.78 is 0. The lowest BCUT2D eigenvalue weighted by Crippen LogP contribution is -2.30. The van der Waals surface area contributed by atoms with Crippen LogP contribution in [0.25, 0.3) is 0 Å². The molecule has 18 heavy (non-hydrogen) atoms. The Labute approximate surface area is 108 Å². The third-order valence-corrected chi connectivity index (χ3v) is 2.71. The third kappa shape index (κ3) is 4.44. The number of hydrogen-bond donors (Lipinski definition) is 3. The van der Waals surface area contributed by atoms with Crippen LogP contribution in [0.1, 0.15) is 29.3 Å². The van der Waals surface area contributed by atoms with Crippen LogP contribution < -0.4 is 11.3 Å². The van der Waals surface area contributed by atoms with E-state index in [1.807, 2.05) is 12.1 Å². The van der Waals surface area contributed by atoms with E-state index >= 15 is 0 Å². The molecule has 0 aliphatic rings. The summed E-state index contributed by atoms with van der Waals surface area (Å²) in [5.41, 5.74) is 3.76. The van der Waals surface area contributed by atoms with Gasteiger partial charge in [0.15, 0.2) is 0 Å². The molecule has 0 saturated heterocycles. The molecule has 0 fully saturated rings. The van der Waals surface area contributed by atoms with Crippen LogP contribution in [0.3, 0.4) is 0 Å². The van der Waals surface area contributed by atoms with E-state index in [0.717, 1.165) is 25.1 Å². The molecule has 0 aliphatic heterocycles. The van der Waals surface area contributed by atoms with E-state index in [1.54, 1.807) is 12.1 Å². The standard InChI is InChI=1S/C13H21N3O2/c1-2-7-16(8-9-17)10-11-3-5-12(6-4-11)13(18)15-14/h3-6,17H,2,7-10,14H2,1H3,(H,15,18). The first-order chi connectivity index (χ1) is 8.71. The maximum Gasteiger partial charge on any atom is 0.265 e.